The minimum absolute atomic E-state index is 0.101. The number of carbonyl (C=O) groups is 2. The molecule has 168 valence electrons. The molecule has 0 spiro atoms. The van der Waals surface area contributed by atoms with Gasteiger partial charge in [0, 0.05) is 18.3 Å². The first-order chi connectivity index (χ1) is 15.2. The number of hydrogen-bond acceptors (Lipinski definition) is 5. The number of aromatic nitrogens is 3. The van der Waals surface area contributed by atoms with E-state index in [1.165, 1.54) is 17.3 Å². The molecule has 32 heavy (non-hydrogen) atoms. The number of rotatable bonds is 7. The molecule has 1 aromatic heterocycles. The van der Waals surface area contributed by atoms with Gasteiger partial charge in [0.2, 0.25) is 5.91 Å². The summed E-state index contributed by atoms with van der Waals surface area (Å²) >= 11 is 1.31. The van der Waals surface area contributed by atoms with Gasteiger partial charge in [0.1, 0.15) is 0 Å². The Kier molecular flexibility index (Phi) is 7.35. The molecule has 0 unspecified atom stereocenters. The minimum Gasteiger partial charge on any atom is -0.342 e. The number of amides is 2. The Balaban J connectivity index is 1.61. The van der Waals surface area contributed by atoms with E-state index in [9.17, 15) is 9.59 Å². The van der Waals surface area contributed by atoms with Crippen LogP contribution in [0.2, 0.25) is 0 Å². The normalized spacial score (nSPS) is 11.8. The lowest BCUT2D eigenvalue weighted by Gasteiger charge is -2.14. The summed E-state index contributed by atoms with van der Waals surface area (Å²) in [5.41, 5.74) is 5.74. The van der Waals surface area contributed by atoms with Crippen molar-refractivity contribution in [2.24, 2.45) is 7.05 Å². The predicted molar refractivity (Wildman–Crippen MR) is 128 cm³/mol. The zero-order chi connectivity index (χ0) is 23.4. The molecule has 0 aliphatic heterocycles. The summed E-state index contributed by atoms with van der Waals surface area (Å²) in [7, 11) is 1.83. The van der Waals surface area contributed by atoms with Crippen LogP contribution in [0.3, 0.4) is 0 Å². The Morgan fingerprint density at radius 1 is 1.03 bits per heavy atom. The third-order valence-corrected chi connectivity index (χ3v) is 6.18. The Morgan fingerprint density at radius 3 is 2.38 bits per heavy atom. The highest BCUT2D eigenvalue weighted by Gasteiger charge is 2.19. The van der Waals surface area contributed by atoms with Gasteiger partial charge in [0.15, 0.2) is 11.0 Å². The van der Waals surface area contributed by atoms with Gasteiger partial charge in [0.05, 0.1) is 11.8 Å². The second-order valence-electron chi connectivity index (χ2n) is 8.07. The van der Waals surface area contributed by atoms with Gasteiger partial charge in [-0.3, -0.25) is 9.59 Å². The van der Waals surface area contributed by atoms with E-state index < -0.39 is 0 Å². The maximum atomic E-state index is 12.5. The van der Waals surface area contributed by atoms with Crippen LogP contribution < -0.4 is 10.6 Å². The van der Waals surface area contributed by atoms with Crippen molar-refractivity contribution in [2.45, 2.75) is 45.8 Å². The number of benzene rings is 2. The molecule has 0 bridgehead atoms. The van der Waals surface area contributed by atoms with Crippen LogP contribution in [0.1, 0.15) is 51.4 Å². The van der Waals surface area contributed by atoms with Gasteiger partial charge in [-0.2, -0.15) is 0 Å². The van der Waals surface area contributed by atoms with Crippen LogP contribution in [-0.4, -0.2) is 32.3 Å². The molecule has 0 radical (unpaired) electrons. The summed E-state index contributed by atoms with van der Waals surface area (Å²) in [6, 6.07) is 11.2. The summed E-state index contributed by atoms with van der Waals surface area (Å²) < 4.78 is 1.81. The number of carbonyl (C=O) groups excluding carboxylic acids is 2. The molecular weight excluding hydrogens is 422 g/mol. The SMILES string of the molecule is Cc1cccc(C(=O)N[C@@H](C)c2nnc(SCC(=O)Nc3c(C)cc(C)cc3C)n2C)c1. The molecule has 0 saturated carbocycles. The van der Waals surface area contributed by atoms with E-state index in [0.29, 0.717) is 16.5 Å². The lowest BCUT2D eigenvalue weighted by molar-refractivity contribution is -0.113. The van der Waals surface area contributed by atoms with Gasteiger partial charge >= 0.3 is 0 Å². The van der Waals surface area contributed by atoms with Crippen LogP contribution in [0.5, 0.6) is 0 Å². The standard InChI is InChI=1S/C24H29N5O2S/c1-14-8-7-9-19(12-14)23(31)25-18(5)22-27-28-24(29(22)6)32-13-20(30)26-21-16(3)10-15(2)11-17(21)4/h7-12,18H,13H2,1-6H3,(H,25,31)(H,26,30)/t18-/m0/s1. The van der Waals surface area contributed by atoms with Crippen molar-refractivity contribution >= 4 is 29.3 Å². The molecule has 1 heterocycles. The first kappa shape index (κ1) is 23.5. The van der Waals surface area contributed by atoms with Gasteiger partial charge in [-0.25, -0.2) is 0 Å². The summed E-state index contributed by atoms with van der Waals surface area (Å²) in [4.78, 5) is 25.0. The summed E-state index contributed by atoms with van der Waals surface area (Å²) in [5, 5.41) is 15.0. The Labute approximate surface area is 193 Å². The largest absolute Gasteiger partial charge is 0.342 e. The van der Waals surface area contributed by atoms with E-state index >= 15 is 0 Å². The van der Waals surface area contributed by atoms with Crippen LogP contribution in [0.15, 0.2) is 41.6 Å². The predicted octanol–water partition coefficient (Wildman–Crippen LogP) is 4.27. The quantitative estimate of drug-likeness (QED) is 0.524. The number of nitrogens with one attached hydrogen (secondary N) is 2. The van der Waals surface area contributed by atoms with E-state index in [-0.39, 0.29) is 23.6 Å². The number of aryl methyl sites for hydroxylation is 4. The number of hydrogen-bond donors (Lipinski definition) is 2. The van der Waals surface area contributed by atoms with E-state index in [2.05, 4.69) is 33.0 Å². The van der Waals surface area contributed by atoms with Crippen molar-refractivity contribution in [1.29, 1.82) is 0 Å². The van der Waals surface area contributed by atoms with Gasteiger partial charge < -0.3 is 15.2 Å². The van der Waals surface area contributed by atoms with Gasteiger partial charge in [-0.1, -0.05) is 47.2 Å². The monoisotopic (exact) mass is 451 g/mol. The van der Waals surface area contributed by atoms with Crippen molar-refractivity contribution in [2.75, 3.05) is 11.1 Å². The summed E-state index contributed by atoms with van der Waals surface area (Å²) in [6.45, 7) is 9.83. The second kappa shape index (κ2) is 9.99. The number of anilines is 1. The second-order valence-corrected chi connectivity index (χ2v) is 9.02. The summed E-state index contributed by atoms with van der Waals surface area (Å²) in [5.74, 6) is 0.569. The lowest BCUT2D eigenvalue weighted by Crippen LogP contribution is -2.28. The molecule has 2 amide bonds. The van der Waals surface area contributed by atoms with Crippen LogP contribution >= 0.6 is 11.8 Å². The fraction of sp³-hybridized carbons (Fsp3) is 0.333. The van der Waals surface area contributed by atoms with Crippen molar-refractivity contribution < 1.29 is 9.59 Å². The van der Waals surface area contributed by atoms with Crippen molar-refractivity contribution in [3.8, 4) is 0 Å². The van der Waals surface area contributed by atoms with Crippen LogP contribution in [0.4, 0.5) is 5.69 Å². The smallest absolute Gasteiger partial charge is 0.251 e. The molecule has 2 N–H and O–H groups in total. The van der Waals surface area contributed by atoms with Crippen molar-refractivity contribution in [1.82, 2.24) is 20.1 Å². The topological polar surface area (TPSA) is 88.9 Å². The van der Waals surface area contributed by atoms with E-state index in [4.69, 9.17) is 0 Å². The minimum atomic E-state index is -0.332. The van der Waals surface area contributed by atoms with Crippen LogP contribution in [0.25, 0.3) is 0 Å². The zero-order valence-corrected chi connectivity index (χ0v) is 20.1. The molecular formula is C24H29N5O2S. The molecule has 0 saturated heterocycles. The first-order valence-corrected chi connectivity index (χ1v) is 11.4. The van der Waals surface area contributed by atoms with Gasteiger partial charge in [-0.05, 0) is 57.9 Å². The maximum absolute atomic E-state index is 12.5. The maximum Gasteiger partial charge on any atom is 0.251 e. The average Bonchev–Trinajstić information content (AvgIpc) is 3.09. The molecule has 2 aromatic carbocycles. The fourth-order valence-corrected chi connectivity index (χ4v) is 4.36. The Bertz CT molecular complexity index is 1130. The molecule has 0 aliphatic rings. The average molecular weight is 452 g/mol. The van der Waals surface area contributed by atoms with Crippen LogP contribution in [0, 0.1) is 27.7 Å². The molecule has 8 heteroatoms. The summed E-state index contributed by atoms with van der Waals surface area (Å²) in [6.07, 6.45) is 0. The lowest BCUT2D eigenvalue weighted by atomic mass is 10.1. The van der Waals surface area contributed by atoms with E-state index in [1.807, 2.05) is 64.4 Å². The van der Waals surface area contributed by atoms with Gasteiger partial charge in [0.25, 0.3) is 5.91 Å². The van der Waals surface area contributed by atoms with E-state index in [1.54, 1.807) is 6.07 Å². The molecule has 7 nitrogen and oxygen atoms in total. The van der Waals surface area contributed by atoms with E-state index in [0.717, 1.165) is 22.4 Å². The highest BCUT2D eigenvalue weighted by atomic mass is 32.2. The molecule has 0 aliphatic carbocycles. The molecule has 0 fully saturated rings. The third kappa shape index (κ3) is 5.56. The Hall–Kier alpha value is -3.13. The van der Waals surface area contributed by atoms with Crippen LogP contribution in [-0.2, 0) is 11.8 Å². The fourth-order valence-electron chi connectivity index (χ4n) is 3.64. The molecule has 3 rings (SSSR count). The molecule has 1 atom stereocenters. The number of thioether (sulfide) groups is 1. The number of nitrogens with zero attached hydrogens (tertiary/aromatic N) is 3. The highest BCUT2D eigenvalue weighted by molar-refractivity contribution is 7.99. The van der Waals surface area contributed by atoms with Crippen molar-refractivity contribution in [3.63, 3.8) is 0 Å². The zero-order valence-electron chi connectivity index (χ0n) is 19.3. The first-order valence-electron chi connectivity index (χ1n) is 10.4. The third-order valence-electron chi connectivity index (χ3n) is 5.16. The molecule has 3 aromatic rings. The highest BCUT2D eigenvalue weighted by Crippen LogP contribution is 2.23. The Morgan fingerprint density at radius 2 is 1.72 bits per heavy atom. The van der Waals surface area contributed by atoms with Gasteiger partial charge in [-0.15, -0.1) is 10.2 Å². The van der Waals surface area contributed by atoms with Crippen molar-refractivity contribution in [3.05, 3.63) is 70.0 Å².